The lowest BCUT2D eigenvalue weighted by Gasteiger charge is -2.39. The number of ether oxygens (including phenoxy) is 2. The summed E-state index contributed by atoms with van der Waals surface area (Å²) < 4.78 is 10.2. The number of aromatic nitrogens is 1. The third-order valence-corrected chi connectivity index (χ3v) is 3.01. The molecule has 0 aliphatic carbocycles. The Balaban J connectivity index is 2.14. The minimum Gasteiger partial charge on any atom is -0.445 e. The Morgan fingerprint density at radius 2 is 2.05 bits per heavy atom. The molecule has 0 unspecified atom stereocenters. The van der Waals surface area contributed by atoms with Crippen LogP contribution >= 0.6 is 0 Å². The van der Waals surface area contributed by atoms with Crippen LogP contribution in [0.5, 0.6) is 5.88 Å². The molecule has 0 bridgehead atoms. The fourth-order valence-corrected chi connectivity index (χ4v) is 1.86. The maximum atomic E-state index is 10.6. The molecule has 0 radical (unpaired) electrons. The van der Waals surface area contributed by atoms with Gasteiger partial charge in [0.2, 0.25) is 12.2 Å². The van der Waals surface area contributed by atoms with Crippen LogP contribution in [0.3, 0.4) is 0 Å². The average molecular weight is 302 g/mol. The summed E-state index contributed by atoms with van der Waals surface area (Å²) in [7, 11) is 0. The molecule has 1 fully saturated rings. The second-order valence-corrected chi connectivity index (χ2v) is 4.42. The Kier molecular flexibility index (Phi) is 4.65. The van der Waals surface area contributed by atoms with E-state index in [4.69, 9.17) is 14.6 Å². The van der Waals surface area contributed by atoms with Gasteiger partial charge in [-0.3, -0.25) is 10.1 Å². The first-order valence-electron chi connectivity index (χ1n) is 6.01. The molecule has 1 aliphatic heterocycles. The van der Waals surface area contributed by atoms with Crippen molar-refractivity contribution in [1.82, 2.24) is 4.98 Å². The van der Waals surface area contributed by atoms with Crippen LogP contribution in [-0.2, 0) is 4.74 Å². The summed E-state index contributed by atoms with van der Waals surface area (Å²) >= 11 is 0. The second-order valence-electron chi connectivity index (χ2n) is 4.42. The zero-order valence-electron chi connectivity index (χ0n) is 10.6. The molecule has 0 spiro atoms. The van der Waals surface area contributed by atoms with Gasteiger partial charge in [0.1, 0.15) is 24.4 Å². The van der Waals surface area contributed by atoms with E-state index in [1.165, 1.54) is 0 Å². The van der Waals surface area contributed by atoms with Crippen molar-refractivity contribution in [2.45, 2.75) is 30.7 Å². The molecule has 0 amide bonds. The van der Waals surface area contributed by atoms with Crippen LogP contribution in [-0.4, -0.2) is 67.6 Å². The predicted octanol–water partition coefficient (Wildman–Crippen LogP) is -1.83. The van der Waals surface area contributed by atoms with E-state index in [1.807, 2.05) is 0 Å². The van der Waals surface area contributed by atoms with Gasteiger partial charge in [0.25, 0.3) is 5.69 Å². The van der Waals surface area contributed by atoms with Gasteiger partial charge in [-0.15, -0.1) is 0 Å². The van der Waals surface area contributed by atoms with Gasteiger partial charge in [-0.05, 0) is 0 Å². The predicted molar refractivity (Wildman–Crippen MR) is 65.3 cm³/mol. The van der Waals surface area contributed by atoms with E-state index in [-0.39, 0.29) is 11.6 Å². The zero-order chi connectivity index (χ0) is 15.6. The van der Waals surface area contributed by atoms with Crippen molar-refractivity contribution in [2.75, 3.05) is 6.61 Å². The first-order chi connectivity index (χ1) is 9.93. The lowest BCUT2D eigenvalue weighted by atomic mass is 9.99. The smallest absolute Gasteiger partial charge is 0.276 e. The molecule has 21 heavy (non-hydrogen) atoms. The Bertz CT molecular complexity index is 511. The van der Waals surface area contributed by atoms with Crippen LogP contribution in [0.1, 0.15) is 0 Å². The molecular weight excluding hydrogens is 288 g/mol. The summed E-state index contributed by atoms with van der Waals surface area (Å²) in [6, 6.07) is 2.17. The van der Waals surface area contributed by atoms with Gasteiger partial charge in [0, 0.05) is 12.3 Å². The van der Waals surface area contributed by atoms with Crippen molar-refractivity contribution < 1.29 is 34.8 Å². The van der Waals surface area contributed by atoms with Gasteiger partial charge in [-0.2, -0.15) is 0 Å². The van der Waals surface area contributed by atoms with Gasteiger partial charge in [0.05, 0.1) is 17.6 Å². The zero-order valence-corrected chi connectivity index (χ0v) is 10.6. The minimum absolute atomic E-state index is 0.200. The molecule has 10 heteroatoms. The van der Waals surface area contributed by atoms with Gasteiger partial charge in [0.15, 0.2) is 0 Å². The van der Waals surface area contributed by atoms with E-state index < -0.39 is 42.2 Å². The van der Waals surface area contributed by atoms with Crippen LogP contribution < -0.4 is 4.74 Å². The van der Waals surface area contributed by atoms with E-state index >= 15 is 0 Å². The van der Waals surface area contributed by atoms with Crippen molar-refractivity contribution in [2.24, 2.45) is 0 Å². The topological polar surface area (TPSA) is 155 Å². The van der Waals surface area contributed by atoms with E-state index in [0.717, 1.165) is 18.3 Å². The number of nitro groups is 1. The van der Waals surface area contributed by atoms with Gasteiger partial charge in [-0.1, -0.05) is 0 Å². The molecule has 0 saturated carbocycles. The first kappa shape index (κ1) is 15.5. The third kappa shape index (κ3) is 3.25. The average Bonchev–Trinajstić information content (AvgIpc) is 2.48. The van der Waals surface area contributed by atoms with Gasteiger partial charge >= 0.3 is 0 Å². The highest BCUT2D eigenvalue weighted by Crippen LogP contribution is 2.24. The lowest BCUT2D eigenvalue weighted by molar-refractivity contribution is -0.385. The molecule has 1 aromatic rings. The highest BCUT2D eigenvalue weighted by molar-refractivity contribution is 5.32. The molecule has 2 rings (SSSR count). The maximum absolute atomic E-state index is 10.6. The van der Waals surface area contributed by atoms with Crippen LogP contribution in [0, 0.1) is 10.1 Å². The third-order valence-electron chi connectivity index (χ3n) is 3.01. The molecular formula is C11H14N2O8. The van der Waals surface area contributed by atoms with E-state index in [0.29, 0.717) is 0 Å². The number of aliphatic hydroxyl groups is 4. The summed E-state index contributed by atoms with van der Waals surface area (Å²) in [6.07, 6.45) is -6.15. The quantitative estimate of drug-likeness (QED) is 0.371. The summed E-state index contributed by atoms with van der Waals surface area (Å²) in [5.74, 6) is -0.200. The molecule has 116 valence electrons. The first-order valence-corrected chi connectivity index (χ1v) is 6.01. The number of hydrogen-bond acceptors (Lipinski definition) is 9. The summed E-state index contributed by atoms with van der Waals surface area (Å²) in [4.78, 5) is 13.7. The fraction of sp³-hybridized carbons (Fsp3) is 0.545. The van der Waals surface area contributed by atoms with Gasteiger partial charge in [-0.25, -0.2) is 4.98 Å². The minimum atomic E-state index is -1.61. The fourth-order valence-electron chi connectivity index (χ4n) is 1.86. The number of nitrogens with zero attached hydrogens (tertiary/aromatic N) is 2. The molecule has 1 aliphatic rings. The maximum Gasteiger partial charge on any atom is 0.276 e. The Labute approximate surface area is 118 Å². The second kappa shape index (κ2) is 6.28. The van der Waals surface area contributed by atoms with E-state index in [1.54, 1.807) is 0 Å². The van der Waals surface area contributed by atoms with Crippen molar-refractivity contribution in [3.05, 3.63) is 28.4 Å². The Hall–Kier alpha value is -1.85. The molecule has 1 saturated heterocycles. The van der Waals surface area contributed by atoms with Crippen molar-refractivity contribution in [3.8, 4) is 5.88 Å². The monoisotopic (exact) mass is 302 g/mol. The SMILES string of the molecule is O=[N+]([O-])c1ccnc(O[C@@H]2O[C@H](CO)[C@H](O)[C@H](O)[C@H]2O)c1. The van der Waals surface area contributed by atoms with Crippen LogP contribution in [0.15, 0.2) is 18.3 Å². The van der Waals surface area contributed by atoms with Crippen LogP contribution in [0.25, 0.3) is 0 Å². The van der Waals surface area contributed by atoms with Crippen molar-refractivity contribution >= 4 is 5.69 Å². The molecule has 2 heterocycles. The van der Waals surface area contributed by atoms with Crippen molar-refractivity contribution in [3.63, 3.8) is 0 Å². The normalized spacial score (nSPS) is 32.7. The molecule has 5 atom stereocenters. The number of rotatable bonds is 4. The largest absolute Gasteiger partial charge is 0.445 e. The highest BCUT2D eigenvalue weighted by atomic mass is 16.7. The van der Waals surface area contributed by atoms with E-state index in [9.17, 15) is 25.4 Å². The van der Waals surface area contributed by atoms with Crippen molar-refractivity contribution in [1.29, 1.82) is 0 Å². The standard InChI is InChI=1S/C11H14N2O8/c14-4-6-8(15)9(16)10(17)11(20-6)21-7-3-5(13(18)19)1-2-12-7/h1-3,6,8-11,14-17H,4H2/t6-,8+,9+,10-,11+/m1/s1. The molecule has 10 nitrogen and oxygen atoms in total. The highest BCUT2D eigenvalue weighted by Gasteiger charge is 2.44. The number of pyridine rings is 1. The van der Waals surface area contributed by atoms with E-state index in [2.05, 4.69) is 4.98 Å². The molecule has 0 aromatic carbocycles. The number of hydrogen-bond donors (Lipinski definition) is 4. The number of aliphatic hydroxyl groups excluding tert-OH is 4. The lowest BCUT2D eigenvalue weighted by Crippen LogP contribution is -2.60. The summed E-state index contributed by atoms with van der Waals surface area (Å²) in [6.45, 7) is -0.604. The van der Waals surface area contributed by atoms with Crippen LogP contribution in [0.2, 0.25) is 0 Å². The Morgan fingerprint density at radius 1 is 1.33 bits per heavy atom. The summed E-state index contributed by atoms with van der Waals surface area (Å²) in [5, 5.41) is 48.6. The van der Waals surface area contributed by atoms with Crippen LogP contribution in [0.4, 0.5) is 5.69 Å². The molecule has 1 aromatic heterocycles. The van der Waals surface area contributed by atoms with Gasteiger partial charge < -0.3 is 29.9 Å². The Morgan fingerprint density at radius 3 is 2.67 bits per heavy atom. The molecule has 4 N–H and O–H groups in total. The summed E-state index contributed by atoms with van der Waals surface area (Å²) in [5.41, 5.74) is -0.274.